The van der Waals surface area contributed by atoms with E-state index in [1.54, 1.807) is 0 Å². The highest BCUT2D eigenvalue weighted by Gasteiger charge is 2.51. The lowest BCUT2D eigenvalue weighted by Gasteiger charge is -2.39. The second-order valence-electron chi connectivity index (χ2n) is 6.51. The molecule has 1 saturated carbocycles. The maximum atomic E-state index is 11.8. The van der Waals surface area contributed by atoms with Gasteiger partial charge in [0.15, 0.2) is 0 Å². The second kappa shape index (κ2) is 3.76. The van der Waals surface area contributed by atoms with Crippen LogP contribution in [-0.2, 0) is 4.79 Å². The van der Waals surface area contributed by atoms with E-state index in [-0.39, 0.29) is 16.7 Å². The van der Waals surface area contributed by atoms with Gasteiger partial charge < -0.3 is 5.32 Å². The zero-order valence-corrected chi connectivity index (χ0v) is 11.0. The van der Waals surface area contributed by atoms with Gasteiger partial charge in [-0.2, -0.15) is 5.26 Å². The van der Waals surface area contributed by atoms with Crippen molar-refractivity contribution >= 4 is 5.91 Å². The molecule has 0 aromatic heterocycles. The van der Waals surface area contributed by atoms with Crippen LogP contribution in [0.2, 0.25) is 0 Å². The van der Waals surface area contributed by atoms with Crippen molar-refractivity contribution in [2.45, 2.75) is 47.5 Å². The number of hydrogen-bond donors (Lipinski definition) is 1. The van der Waals surface area contributed by atoms with Crippen LogP contribution in [0.1, 0.15) is 47.5 Å². The lowest BCUT2D eigenvalue weighted by Crippen LogP contribution is -2.43. The summed E-state index contributed by atoms with van der Waals surface area (Å²) in [4.78, 5) is 11.8. The minimum absolute atomic E-state index is 0.0220. The van der Waals surface area contributed by atoms with Crippen LogP contribution >= 0.6 is 0 Å². The van der Waals surface area contributed by atoms with E-state index >= 15 is 0 Å². The van der Waals surface area contributed by atoms with E-state index < -0.39 is 5.41 Å². The van der Waals surface area contributed by atoms with E-state index in [1.165, 1.54) is 0 Å². The normalized spacial score (nSPS) is 18.8. The fourth-order valence-corrected chi connectivity index (χ4v) is 1.25. The van der Waals surface area contributed by atoms with E-state index in [9.17, 15) is 4.79 Å². The second-order valence-corrected chi connectivity index (χ2v) is 6.51. The average Bonchev–Trinajstić information content (AvgIpc) is 2.93. The summed E-state index contributed by atoms with van der Waals surface area (Å²) in [5, 5.41) is 11.8. The summed E-state index contributed by atoms with van der Waals surface area (Å²) in [7, 11) is 0. The molecule has 3 nitrogen and oxygen atoms in total. The third-order valence-corrected chi connectivity index (χ3v) is 4.12. The lowest BCUT2D eigenvalue weighted by molar-refractivity contribution is -0.125. The number of hydrogen-bond acceptors (Lipinski definition) is 2. The number of nitrogens with one attached hydrogen (secondary N) is 1. The Kier molecular flexibility index (Phi) is 3.06. The van der Waals surface area contributed by atoms with Gasteiger partial charge in [0.2, 0.25) is 5.91 Å². The van der Waals surface area contributed by atoms with Gasteiger partial charge in [-0.3, -0.25) is 4.79 Å². The number of nitriles is 1. The highest BCUT2D eigenvalue weighted by Crippen LogP contribution is 2.45. The maximum absolute atomic E-state index is 11.8. The molecule has 1 aliphatic carbocycles. The Morgan fingerprint density at radius 3 is 2.12 bits per heavy atom. The molecule has 1 aliphatic rings. The molecule has 0 saturated heterocycles. The van der Waals surface area contributed by atoms with E-state index in [0.29, 0.717) is 19.4 Å². The number of nitrogens with zero attached hydrogens (tertiary/aromatic N) is 1. The summed E-state index contributed by atoms with van der Waals surface area (Å²) >= 11 is 0. The van der Waals surface area contributed by atoms with Crippen molar-refractivity contribution in [2.24, 2.45) is 16.2 Å². The van der Waals surface area contributed by atoms with Crippen molar-refractivity contribution in [3.05, 3.63) is 0 Å². The Bertz CT molecular complexity index is 327. The summed E-state index contributed by atoms with van der Waals surface area (Å²) < 4.78 is 0. The van der Waals surface area contributed by atoms with Gasteiger partial charge in [-0.15, -0.1) is 0 Å². The monoisotopic (exact) mass is 222 g/mol. The molecular formula is C13H22N2O. The molecule has 1 amide bonds. The zero-order valence-electron chi connectivity index (χ0n) is 11.0. The Balaban J connectivity index is 2.53. The highest BCUT2D eigenvalue weighted by atomic mass is 16.2. The molecule has 0 aromatic rings. The standard InChI is InChI=1S/C13H22N2O/c1-11(2,3)12(4,5)9-15-10(16)13(8-14)6-7-13/h6-7,9H2,1-5H3,(H,15,16). The average molecular weight is 222 g/mol. The van der Waals surface area contributed by atoms with Gasteiger partial charge in [0, 0.05) is 6.54 Å². The van der Waals surface area contributed by atoms with Crippen molar-refractivity contribution in [3.8, 4) is 6.07 Å². The van der Waals surface area contributed by atoms with Gasteiger partial charge in [-0.05, 0) is 23.7 Å². The van der Waals surface area contributed by atoms with E-state index in [2.05, 4.69) is 46.0 Å². The third kappa shape index (κ3) is 2.37. The fraction of sp³-hybridized carbons (Fsp3) is 0.846. The van der Waals surface area contributed by atoms with Crippen molar-refractivity contribution in [3.63, 3.8) is 0 Å². The summed E-state index contributed by atoms with van der Waals surface area (Å²) in [6.45, 7) is 11.4. The fourth-order valence-electron chi connectivity index (χ4n) is 1.25. The molecule has 0 unspecified atom stereocenters. The lowest BCUT2D eigenvalue weighted by atomic mass is 9.69. The molecule has 0 aliphatic heterocycles. The minimum atomic E-state index is -0.700. The molecule has 1 fully saturated rings. The van der Waals surface area contributed by atoms with Crippen molar-refractivity contribution < 1.29 is 4.79 Å². The van der Waals surface area contributed by atoms with E-state index in [4.69, 9.17) is 5.26 Å². The van der Waals surface area contributed by atoms with Crippen LogP contribution in [-0.4, -0.2) is 12.5 Å². The van der Waals surface area contributed by atoms with Gasteiger partial charge in [-0.25, -0.2) is 0 Å². The minimum Gasteiger partial charge on any atom is -0.354 e. The molecule has 1 rings (SSSR count). The van der Waals surface area contributed by atoms with Crippen LogP contribution in [0, 0.1) is 27.6 Å². The smallest absolute Gasteiger partial charge is 0.240 e. The van der Waals surface area contributed by atoms with Crippen LogP contribution in [0.25, 0.3) is 0 Å². The first kappa shape index (κ1) is 13.0. The summed E-state index contributed by atoms with van der Waals surface area (Å²) in [6, 6.07) is 2.12. The topological polar surface area (TPSA) is 52.9 Å². The van der Waals surface area contributed by atoms with Gasteiger partial charge in [0.1, 0.15) is 5.41 Å². The Morgan fingerprint density at radius 2 is 1.81 bits per heavy atom. The number of amides is 1. The predicted molar refractivity (Wildman–Crippen MR) is 63.5 cm³/mol. The molecule has 3 heteroatoms. The SMILES string of the molecule is CC(C)(C)C(C)(C)CNC(=O)C1(C#N)CC1. The van der Waals surface area contributed by atoms with Crippen molar-refractivity contribution in [1.82, 2.24) is 5.32 Å². The largest absolute Gasteiger partial charge is 0.354 e. The van der Waals surface area contributed by atoms with Gasteiger partial charge >= 0.3 is 0 Å². The maximum Gasteiger partial charge on any atom is 0.240 e. The van der Waals surface area contributed by atoms with E-state index in [1.807, 2.05) is 0 Å². The molecule has 1 N–H and O–H groups in total. The van der Waals surface area contributed by atoms with Gasteiger partial charge in [0.25, 0.3) is 0 Å². The molecule has 0 spiro atoms. The predicted octanol–water partition coefficient (Wildman–Crippen LogP) is 2.48. The molecule has 0 heterocycles. The van der Waals surface area contributed by atoms with Crippen LogP contribution < -0.4 is 5.32 Å². The molecule has 0 atom stereocenters. The van der Waals surface area contributed by atoms with Crippen LogP contribution in [0.5, 0.6) is 0 Å². The molecule has 0 aromatic carbocycles. The van der Waals surface area contributed by atoms with Gasteiger partial charge in [0.05, 0.1) is 6.07 Å². The number of carbonyl (C=O) groups is 1. The first-order valence-electron chi connectivity index (χ1n) is 5.84. The van der Waals surface area contributed by atoms with Crippen molar-refractivity contribution in [1.29, 1.82) is 5.26 Å². The first-order chi connectivity index (χ1) is 7.15. The molecular weight excluding hydrogens is 200 g/mol. The Hall–Kier alpha value is -1.04. The molecule has 0 radical (unpaired) electrons. The summed E-state index contributed by atoms with van der Waals surface area (Å²) in [5.41, 5.74) is -0.550. The zero-order chi connectivity index (χ0) is 12.6. The highest BCUT2D eigenvalue weighted by molar-refractivity contribution is 5.88. The van der Waals surface area contributed by atoms with Crippen LogP contribution in [0.3, 0.4) is 0 Å². The summed E-state index contributed by atoms with van der Waals surface area (Å²) in [5.74, 6) is -0.0904. The molecule has 0 bridgehead atoms. The van der Waals surface area contributed by atoms with Crippen LogP contribution in [0.15, 0.2) is 0 Å². The van der Waals surface area contributed by atoms with Crippen molar-refractivity contribution in [2.75, 3.05) is 6.54 Å². The third-order valence-electron chi connectivity index (χ3n) is 4.12. The van der Waals surface area contributed by atoms with E-state index in [0.717, 1.165) is 0 Å². The molecule has 90 valence electrons. The van der Waals surface area contributed by atoms with Crippen LogP contribution in [0.4, 0.5) is 0 Å². The Labute approximate surface area is 98.2 Å². The number of rotatable bonds is 3. The Morgan fingerprint density at radius 1 is 1.31 bits per heavy atom. The first-order valence-corrected chi connectivity index (χ1v) is 5.84. The molecule has 16 heavy (non-hydrogen) atoms. The summed E-state index contributed by atoms with van der Waals surface area (Å²) in [6.07, 6.45) is 1.43. The van der Waals surface area contributed by atoms with Gasteiger partial charge in [-0.1, -0.05) is 34.6 Å². The quantitative estimate of drug-likeness (QED) is 0.797. The number of carbonyl (C=O) groups excluding carboxylic acids is 1.